The Kier molecular flexibility index (Phi) is 11.2. The lowest BCUT2D eigenvalue weighted by Crippen LogP contribution is -2.55. The normalized spacial score (nSPS) is 14.3. The molecule has 0 aromatic rings. The summed E-state index contributed by atoms with van der Waals surface area (Å²) in [7, 11) is 0. The molecular weight excluding hydrogens is 342 g/mol. The van der Waals surface area contributed by atoms with Crippen LogP contribution in [0, 0.1) is 5.92 Å². The second-order valence-electron chi connectivity index (χ2n) is 6.65. The molecule has 0 aliphatic heterocycles. The highest BCUT2D eigenvalue weighted by molar-refractivity contribution is 5.94. The Hall–Kier alpha value is -2.20. The fourth-order valence-corrected chi connectivity index (χ4v) is 2.29. The van der Waals surface area contributed by atoms with Crippen molar-refractivity contribution in [2.24, 2.45) is 23.1 Å². The molecule has 0 heterocycles. The first-order valence-corrected chi connectivity index (χ1v) is 8.65. The summed E-state index contributed by atoms with van der Waals surface area (Å²) in [4.78, 5) is 46.9. The zero-order valence-corrected chi connectivity index (χ0v) is 15.4. The number of carboxylic acids is 1. The highest BCUT2D eigenvalue weighted by Crippen LogP contribution is 2.06. The highest BCUT2D eigenvalue weighted by Gasteiger charge is 2.29. The third-order valence-electron chi connectivity index (χ3n) is 3.67. The number of carbonyl (C=O) groups is 4. The number of nitrogens with two attached hydrogens (primary N) is 3. The first-order valence-electron chi connectivity index (χ1n) is 8.65. The Morgan fingerprint density at radius 1 is 1.00 bits per heavy atom. The van der Waals surface area contributed by atoms with Gasteiger partial charge in [0.05, 0.1) is 12.5 Å². The van der Waals surface area contributed by atoms with E-state index in [1.54, 1.807) is 0 Å². The molecule has 0 unspecified atom stereocenters. The summed E-state index contributed by atoms with van der Waals surface area (Å²) in [5, 5.41) is 13.9. The number of carbonyl (C=O) groups excluding carboxylic acids is 3. The number of carboxylic acid groups (broad SMARTS) is 1. The molecule has 0 spiro atoms. The quantitative estimate of drug-likeness (QED) is 0.210. The summed E-state index contributed by atoms with van der Waals surface area (Å²) >= 11 is 0. The van der Waals surface area contributed by atoms with E-state index >= 15 is 0 Å². The number of hydrogen-bond acceptors (Lipinski definition) is 6. The highest BCUT2D eigenvalue weighted by atomic mass is 16.4. The summed E-state index contributed by atoms with van der Waals surface area (Å²) in [6.07, 6.45) is 1.48. The SMILES string of the molecule is CC(C)C[C@H](NC(=O)[C@H](CC(N)=O)NC(=O)[C@@H](N)CCCCN)C(=O)O. The van der Waals surface area contributed by atoms with Crippen LogP contribution in [0.15, 0.2) is 0 Å². The maximum absolute atomic E-state index is 12.3. The predicted molar refractivity (Wildman–Crippen MR) is 95.6 cm³/mol. The number of rotatable bonds is 13. The molecule has 10 nitrogen and oxygen atoms in total. The fraction of sp³-hybridized carbons (Fsp3) is 0.750. The smallest absolute Gasteiger partial charge is 0.326 e. The van der Waals surface area contributed by atoms with E-state index < -0.39 is 48.2 Å². The fourth-order valence-electron chi connectivity index (χ4n) is 2.29. The van der Waals surface area contributed by atoms with Crippen molar-refractivity contribution in [3.05, 3.63) is 0 Å². The molecule has 0 saturated heterocycles. The van der Waals surface area contributed by atoms with E-state index in [9.17, 15) is 24.3 Å². The minimum Gasteiger partial charge on any atom is -0.480 e. The standard InChI is InChI=1S/C16H31N5O5/c1-9(2)7-12(16(25)26)21-15(24)11(8-13(19)22)20-14(23)10(18)5-3-4-6-17/h9-12H,3-8,17-18H2,1-2H3,(H2,19,22)(H,20,23)(H,21,24)(H,25,26)/t10-,11-,12-/m0/s1. The molecule has 0 aromatic heterocycles. The number of amides is 3. The third kappa shape index (κ3) is 9.94. The molecule has 0 aromatic carbocycles. The lowest BCUT2D eigenvalue weighted by Gasteiger charge is -2.23. The van der Waals surface area contributed by atoms with E-state index in [0.717, 1.165) is 0 Å². The molecule has 3 amide bonds. The van der Waals surface area contributed by atoms with Crippen molar-refractivity contribution in [2.45, 2.75) is 64.1 Å². The largest absolute Gasteiger partial charge is 0.480 e. The predicted octanol–water partition coefficient (Wildman–Crippen LogP) is -1.58. The van der Waals surface area contributed by atoms with Crippen molar-refractivity contribution in [2.75, 3.05) is 6.54 Å². The topological polar surface area (TPSA) is 191 Å². The molecule has 26 heavy (non-hydrogen) atoms. The monoisotopic (exact) mass is 373 g/mol. The van der Waals surface area contributed by atoms with Gasteiger partial charge >= 0.3 is 5.97 Å². The van der Waals surface area contributed by atoms with Gasteiger partial charge in [0.25, 0.3) is 0 Å². The summed E-state index contributed by atoms with van der Waals surface area (Å²) in [5.41, 5.74) is 16.3. The Bertz CT molecular complexity index is 497. The molecule has 0 saturated carbocycles. The van der Waals surface area contributed by atoms with Crippen LogP contribution in [0.2, 0.25) is 0 Å². The van der Waals surface area contributed by atoms with Crippen LogP contribution >= 0.6 is 0 Å². The second-order valence-corrected chi connectivity index (χ2v) is 6.65. The first-order chi connectivity index (χ1) is 12.1. The number of aliphatic carboxylic acids is 1. The minimum absolute atomic E-state index is 0.0246. The first kappa shape index (κ1) is 23.8. The van der Waals surface area contributed by atoms with Crippen molar-refractivity contribution in [1.82, 2.24) is 10.6 Å². The minimum atomic E-state index is -1.28. The lowest BCUT2D eigenvalue weighted by atomic mass is 10.0. The molecule has 150 valence electrons. The molecule has 0 radical (unpaired) electrons. The van der Waals surface area contributed by atoms with Crippen molar-refractivity contribution >= 4 is 23.7 Å². The van der Waals surface area contributed by atoms with Gasteiger partial charge in [-0.2, -0.15) is 0 Å². The number of primary amides is 1. The van der Waals surface area contributed by atoms with E-state index in [1.807, 2.05) is 13.8 Å². The van der Waals surface area contributed by atoms with Crippen molar-refractivity contribution < 1.29 is 24.3 Å². The summed E-state index contributed by atoms with van der Waals surface area (Å²) in [6.45, 7) is 4.10. The van der Waals surface area contributed by atoms with Crippen LogP contribution in [-0.4, -0.2) is 53.5 Å². The van der Waals surface area contributed by atoms with Gasteiger partial charge in [-0.15, -0.1) is 0 Å². The molecule has 10 heteroatoms. The van der Waals surface area contributed by atoms with Gasteiger partial charge < -0.3 is 32.9 Å². The maximum Gasteiger partial charge on any atom is 0.326 e. The van der Waals surface area contributed by atoms with E-state index in [1.165, 1.54) is 0 Å². The van der Waals surface area contributed by atoms with Crippen LogP contribution in [0.5, 0.6) is 0 Å². The van der Waals surface area contributed by atoms with E-state index in [-0.39, 0.29) is 12.3 Å². The summed E-state index contributed by atoms with van der Waals surface area (Å²) in [5.74, 6) is -3.39. The zero-order valence-electron chi connectivity index (χ0n) is 15.4. The van der Waals surface area contributed by atoms with Crippen LogP contribution in [0.4, 0.5) is 0 Å². The average molecular weight is 373 g/mol. The van der Waals surface area contributed by atoms with Gasteiger partial charge in [-0.1, -0.05) is 20.3 Å². The van der Waals surface area contributed by atoms with Gasteiger partial charge in [0.15, 0.2) is 0 Å². The van der Waals surface area contributed by atoms with Gasteiger partial charge in [0, 0.05) is 0 Å². The Morgan fingerprint density at radius 2 is 1.58 bits per heavy atom. The molecular formula is C16H31N5O5. The molecule has 9 N–H and O–H groups in total. The van der Waals surface area contributed by atoms with Crippen LogP contribution < -0.4 is 27.8 Å². The third-order valence-corrected chi connectivity index (χ3v) is 3.67. The van der Waals surface area contributed by atoms with Gasteiger partial charge in [0.2, 0.25) is 17.7 Å². The Balaban J connectivity index is 4.94. The van der Waals surface area contributed by atoms with Gasteiger partial charge in [0.1, 0.15) is 12.1 Å². The maximum atomic E-state index is 12.3. The van der Waals surface area contributed by atoms with Crippen LogP contribution in [0.25, 0.3) is 0 Å². The number of hydrogen-bond donors (Lipinski definition) is 6. The molecule has 0 aliphatic carbocycles. The average Bonchev–Trinajstić information content (AvgIpc) is 2.52. The van der Waals surface area contributed by atoms with Crippen LogP contribution in [0.1, 0.15) is 46.0 Å². The summed E-state index contributed by atoms with van der Waals surface area (Å²) in [6, 6.07) is -3.28. The molecule has 0 rings (SSSR count). The number of unbranched alkanes of at least 4 members (excludes halogenated alkanes) is 1. The molecule has 0 bridgehead atoms. The van der Waals surface area contributed by atoms with Crippen molar-refractivity contribution in [3.63, 3.8) is 0 Å². The zero-order chi connectivity index (χ0) is 20.3. The van der Waals surface area contributed by atoms with E-state index in [4.69, 9.17) is 17.2 Å². The molecule has 0 fully saturated rings. The van der Waals surface area contributed by atoms with E-state index in [2.05, 4.69) is 10.6 Å². The van der Waals surface area contributed by atoms with E-state index in [0.29, 0.717) is 25.8 Å². The summed E-state index contributed by atoms with van der Waals surface area (Å²) < 4.78 is 0. The van der Waals surface area contributed by atoms with Gasteiger partial charge in [-0.05, 0) is 31.7 Å². The van der Waals surface area contributed by atoms with Crippen molar-refractivity contribution in [3.8, 4) is 0 Å². The van der Waals surface area contributed by atoms with Crippen molar-refractivity contribution in [1.29, 1.82) is 0 Å². The van der Waals surface area contributed by atoms with Gasteiger partial charge in [-0.25, -0.2) is 4.79 Å². The number of nitrogens with one attached hydrogen (secondary N) is 2. The molecule has 3 atom stereocenters. The Labute approximate surface area is 153 Å². The van der Waals surface area contributed by atoms with Crippen LogP contribution in [-0.2, 0) is 19.2 Å². The van der Waals surface area contributed by atoms with Gasteiger partial charge in [-0.3, -0.25) is 14.4 Å². The second kappa shape index (κ2) is 12.2. The lowest BCUT2D eigenvalue weighted by molar-refractivity contribution is -0.142. The molecule has 0 aliphatic rings. The Morgan fingerprint density at radius 3 is 2.04 bits per heavy atom. The van der Waals surface area contributed by atoms with Crippen LogP contribution in [0.3, 0.4) is 0 Å².